The fourth-order valence-electron chi connectivity index (χ4n) is 4.03. The molecule has 0 radical (unpaired) electrons. The summed E-state index contributed by atoms with van der Waals surface area (Å²) in [5.74, 6) is 0.963. The molecule has 0 aliphatic heterocycles. The lowest BCUT2D eigenvalue weighted by atomic mass is 10.0. The largest absolute Gasteiger partial charge is 0.489 e. The van der Waals surface area contributed by atoms with E-state index in [4.69, 9.17) is 9.47 Å². The Morgan fingerprint density at radius 1 is 0.683 bits per heavy atom. The Bertz CT molecular complexity index is 1320. The van der Waals surface area contributed by atoms with Crippen molar-refractivity contribution in [3.63, 3.8) is 0 Å². The summed E-state index contributed by atoms with van der Waals surface area (Å²) >= 11 is 0. The molecule has 7 heteroatoms. The van der Waals surface area contributed by atoms with Crippen molar-refractivity contribution in [1.29, 1.82) is 0 Å². The van der Waals surface area contributed by atoms with Gasteiger partial charge in [0.25, 0.3) is 0 Å². The van der Waals surface area contributed by atoms with E-state index < -0.39 is 5.54 Å². The molecule has 214 valence electrons. The predicted octanol–water partition coefficient (Wildman–Crippen LogP) is 6.33. The molecular formula is C34H37BrN2O4. The second kappa shape index (κ2) is 15.7. The number of halogens is 1. The molecule has 0 unspecified atom stereocenters. The minimum atomic E-state index is -0.490. The molecule has 0 spiro atoms. The number of hydrogen-bond donors (Lipinski definition) is 2. The molecule has 4 rings (SSSR count). The van der Waals surface area contributed by atoms with Gasteiger partial charge in [0.15, 0.2) is 5.78 Å². The summed E-state index contributed by atoms with van der Waals surface area (Å²) in [7, 11) is 0. The van der Waals surface area contributed by atoms with Gasteiger partial charge in [-0.3, -0.25) is 9.59 Å². The van der Waals surface area contributed by atoms with E-state index in [0.717, 1.165) is 16.7 Å². The number of ether oxygens (including phenoxy) is 2. The summed E-state index contributed by atoms with van der Waals surface area (Å²) in [6.45, 7) is 5.16. The van der Waals surface area contributed by atoms with E-state index in [9.17, 15) is 9.59 Å². The Morgan fingerprint density at radius 2 is 1.15 bits per heavy atom. The third-order valence-electron chi connectivity index (χ3n) is 6.36. The first kappa shape index (κ1) is 31.6. The zero-order valence-electron chi connectivity index (χ0n) is 23.5. The molecule has 0 saturated heterocycles. The van der Waals surface area contributed by atoms with Crippen molar-refractivity contribution >= 4 is 28.7 Å². The topological polar surface area (TPSA) is 76.7 Å². The van der Waals surface area contributed by atoms with E-state index in [1.165, 1.54) is 0 Å². The zero-order valence-corrected chi connectivity index (χ0v) is 25.2. The Hall–Kier alpha value is -3.94. The van der Waals surface area contributed by atoms with Gasteiger partial charge in [0, 0.05) is 23.7 Å². The van der Waals surface area contributed by atoms with Gasteiger partial charge < -0.3 is 20.1 Å². The highest BCUT2D eigenvalue weighted by molar-refractivity contribution is 8.93. The second-order valence-electron chi connectivity index (χ2n) is 10.3. The first-order chi connectivity index (χ1) is 19.4. The molecule has 4 aromatic carbocycles. The van der Waals surface area contributed by atoms with Crippen LogP contribution in [0.2, 0.25) is 0 Å². The first-order valence-corrected chi connectivity index (χ1v) is 13.4. The molecule has 0 aliphatic rings. The molecule has 0 saturated carbocycles. The summed E-state index contributed by atoms with van der Waals surface area (Å²) in [5.41, 5.74) is 3.02. The van der Waals surface area contributed by atoms with Crippen LogP contribution in [0.1, 0.15) is 40.9 Å². The van der Waals surface area contributed by atoms with Crippen LogP contribution in [0.5, 0.6) is 11.5 Å². The van der Waals surface area contributed by atoms with E-state index in [1.807, 2.05) is 111 Å². The maximum absolute atomic E-state index is 13.3. The van der Waals surface area contributed by atoms with Crippen molar-refractivity contribution in [3.8, 4) is 11.5 Å². The van der Waals surface area contributed by atoms with E-state index in [1.54, 1.807) is 12.1 Å². The van der Waals surface area contributed by atoms with Crippen molar-refractivity contribution < 1.29 is 19.1 Å². The van der Waals surface area contributed by atoms with Gasteiger partial charge in [0.2, 0.25) is 5.91 Å². The summed E-state index contributed by atoms with van der Waals surface area (Å²) in [6, 6.07) is 34.7. The highest BCUT2D eigenvalue weighted by Crippen LogP contribution is 2.25. The van der Waals surface area contributed by atoms with Gasteiger partial charge in [-0.2, -0.15) is 0 Å². The molecule has 0 bridgehead atoms. The minimum absolute atomic E-state index is 0. The SMILES string of the molecule is Br.CC(C)(CNC(=O)Cc1ccccc1)NCC(=O)c1cc(OCc2ccccc2)cc(OCc2ccccc2)c1. The van der Waals surface area contributed by atoms with Crippen molar-refractivity contribution in [2.45, 2.75) is 39.0 Å². The number of carbonyl (C=O) groups is 2. The molecule has 4 aromatic rings. The number of ketones is 1. The summed E-state index contributed by atoms with van der Waals surface area (Å²) in [6.07, 6.45) is 0.317. The van der Waals surface area contributed by atoms with Gasteiger partial charge in [-0.05, 0) is 42.7 Å². The molecule has 2 N–H and O–H groups in total. The number of Topliss-reactive ketones (excluding diaryl/α,β-unsaturated/α-hetero) is 1. The van der Waals surface area contributed by atoms with E-state index >= 15 is 0 Å². The second-order valence-corrected chi connectivity index (χ2v) is 10.3. The molecule has 1 amide bonds. The lowest BCUT2D eigenvalue weighted by Gasteiger charge is -2.26. The summed E-state index contributed by atoms with van der Waals surface area (Å²) in [4.78, 5) is 25.7. The van der Waals surface area contributed by atoms with Crippen LogP contribution < -0.4 is 20.1 Å². The van der Waals surface area contributed by atoms with Gasteiger partial charge in [-0.1, -0.05) is 91.0 Å². The molecule has 6 nitrogen and oxygen atoms in total. The smallest absolute Gasteiger partial charge is 0.224 e. The first-order valence-electron chi connectivity index (χ1n) is 13.4. The maximum atomic E-state index is 13.3. The van der Waals surface area contributed by atoms with Crippen LogP contribution in [0.4, 0.5) is 0 Å². The minimum Gasteiger partial charge on any atom is -0.489 e. The Balaban J connectivity index is 0.00000462. The number of carbonyl (C=O) groups excluding carboxylic acids is 2. The molecule has 0 heterocycles. The number of benzene rings is 4. The van der Waals surface area contributed by atoms with Crippen LogP contribution in [-0.2, 0) is 24.4 Å². The number of amides is 1. The summed E-state index contributed by atoms with van der Waals surface area (Å²) < 4.78 is 12.1. The van der Waals surface area contributed by atoms with E-state index in [2.05, 4.69) is 10.6 Å². The Morgan fingerprint density at radius 3 is 1.63 bits per heavy atom. The normalized spacial score (nSPS) is 10.8. The van der Waals surface area contributed by atoms with Gasteiger partial charge >= 0.3 is 0 Å². The van der Waals surface area contributed by atoms with Gasteiger partial charge in [-0.15, -0.1) is 17.0 Å². The van der Waals surface area contributed by atoms with Crippen molar-refractivity contribution in [3.05, 3.63) is 131 Å². The average molecular weight is 618 g/mol. The van der Waals surface area contributed by atoms with Crippen molar-refractivity contribution in [2.24, 2.45) is 0 Å². The highest BCUT2D eigenvalue weighted by atomic mass is 79.9. The molecule has 41 heavy (non-hydrogen) atoms. The molecule has 0 aliphatic carbocycles. The van der Waals surface area contributed by atoms with Gasteiger partial charge in [0.05, 0.1) is 13.0 Å². The lowest BCUT2D eigenvalue weighted by Crippen LogP contribution is -2.50. The fraction of sp³-hybridized carbons (Fsp3) is 0.235. The van der Waals surface area contributed by atoms with E-state index in [-0.39, 0.29) is 35.2 Å². The zero-order chi connectivity index (χ0) is 28.2. The number of hydrogen-bond acceptors (Lipinski definition) is 5. The number of rotatable bonds is 14. The van der Waals surface area contributed by atoms with Crippen LogP contribution in [0.25, 0.3) is 0 Å². The quantitative estimate of drug-likeness (QED) is 0.162. The molecule has 0 aromatic heterocycles. The molecule has 0 fully saturated rings. The fourth-order valence-corrected chi connectivity index (χ4v) is 4.03. The molecule has 0 atom stereocenters. The third-order valence-corrected chi connectivity index (χ3v) is 6.36. The van der Waals surface area contributed by atoms with Crippen LogP contribution in [-0.4, -0.2) is 30.3 Å². The maximum Gasteiger partial charge on any atom is 0.224 e. The van der Waals surface area contributed by atoms with Crippen LogP contribution >= 0.6 is 17.0 Å². The van der Waals surface area contributed by atoms with E-state index in [0.29, 0.717) is 43.2 Å². The van der Waals surface area contributed by atoms with Crippen molar-refractivity contribution in [2.75, 3.05) is 13.1 Å². The van der Waals surface area contributed by atoms with Gasteiger partial charge in [-0.25, -0.2) is 0 Å². The number of nitrogens with one attached hydrogen (secondary N) is 2. The summed E-state index contributed by atoms with van der Waals surface area (Å²) in [5, 5.41) is 6.25. The Kier molecular flexibility index (Phi) is 12.1. The third kappa shape index (κ3) is 10.9. The molecular weight excluding hydrogens is 580 g/mol. The predicted molar refractivity (Wildman–Crippen MR) is 168 cm³/mol. The average Bonchev–Trinajstić information content (AvgIpc) is 2.98. The van der Waals surface area contributed by atoms with Crippen molar-refractivity contribution in [1.82, 2.24) is 10.6 Å². The van der Waals surface area contributed by atoms with Gasteiger partial charge in [0.1, 0.15) is 24.7 Å². The van der Waals surface area contributed by atoms with Crippen LogP contribution in [0, 0.1) is 0 Å². The monoisotopic (exact) mass is 616 g/mol. The standard InChI is InChI=1S/C34H36N2O4.BrH/c1-34(2,25-35-33(38)18-26-12-6-3-7-13-26)36-22-32(37)29-19-30(39-23-27-14-8-4-9-15-27)21-31(20-29)40-24-28-16-10-5-11-17-28;/h3-17,19-21,36H,18,22-25H2,1-2H3,(H,35,38);1H. The van der Waals surface area contributed by atoms with Crippen LogP contribution in [0.3, 0.4) is 0 Å². The Labute approximate surface area is 252 Å². The highest BCUT2D eigenvalue weighted by Gasteiger charge is 2.21. The van der Waals surface area contributed by atoms with Crippen LogP contribution in [0.15, 0.2) is 109 Å². The lowest BCUT2D eigenvalue weighted by molar-refractivity contribution is -0.120.